The van der Waals surface area contributed by atoms with Gasteiger partial charge in [-0.15, -0.1) is 0 Å². The Labute approximate surface area is 222 Å². The average Bonchev–Trinajstić information content (AvgIpc) is 3.19. The zero-order chi connectivity index (χ0) is 28.7. The Morgan fingerprint density at radius 1 is 1.32 bits per heavy atom. The molecule has 212 valence electrons. The van der Waals surface area contributed by atoms with Crippen molar-refractivity contribution in [2.24, 2.45) is 0 Å². The van der Waals surface area contributed by atoms with Gasteiger partial charge in [0.05, 0.1) is 30.1 Å². The molecule has 0 saturated heterocycles. The molecule has 1 aliphatic heterocycles. The minimum absolute atomic E-state index is 0.0320. The highest BCUT2D eigenvalue weighted by molar-refractivity contribution is 7.93. The summed E-state index contributed by atoms with van der Waals surface area (Å²) < 4.78 is 73.6. The minimum Gasteiger partial charge on any atom is -0.434 e. The highest BCUT2D eigenvalue weighted by Crippen LogP contribution is 2.40. The summed E-state index contributed by atoms with van der Waals surface area (Å²) in [6.07, 6.45) is -4.98. The fourth-order valence-electron chi connectivity index (χ4n) is 3.71. The Morgan fingerprint density at radius 3 is 2.53 bits per heavy atom. The Hall–Kier alpha value is -2.75. The Bertz CT molecular complexity index is 1300. The topological polar surface area (TPSA) is 146 Å². The van der Waals surface area contributed by atoms with E-state index in [2.05, 4.69) is 20.5 Å². The van der Waals surface area contributed by atoms with Gasteiger partial charge in [-0.1, -0.05) is 11.6 Å². The van der Waals surface area contributed by atoms with Crippen LogP contribution in [0.1, 0.15) is 34.1 Å². The lowest BCUT2D eigenvalue weighted by molar-refractivity contribution is -0.242. The summed E-state index contributed by atoms with van der Waals surface area (Å²) in [6, 6.07) is 3.35. The molecule has 1 aromatic carbocycles. The van der Waals surface area contributed by atoms with Gasteiger partial charge in [0.1, 0.15) is 4.90 Å². The van der Waals surface area contributed by atoms with E-state index < -0.39 is 46.1 Å². The lowest BCUT2D eigenvalue weighted by atomic mass is 9.96. The molecule has 1 aliphatic rings. The number of nitrogens with one attached hydrogen (secondary N) is 2. The normalized spacial score (nSPS) is 17.8. The number of benzene rings is 1. The molecule has 0 aliphatic carbocycles. The maximum atomic E-state index is 13.7. The van der Waals surface area contributed by atoms with Gasteiger partial charge in [0.25, 0.3) is 10.0 Å². The van der Waals surface area contributed by atoms with Gasteiger partial charge in [0.2, 0.25) is 5.60 Å². The molecule has 1 aromatic heterocycles. The monoisotopic (exact) mass is 583 g/mol. The minimum atomic E-state index is -4.82. The fraction of sp³-hybridized carbons (Fsp3) is 0.545. The largest absolute Gasteiger partial charge is 0.434 e. The molecule has 2 atom stereocenters. The first-order valence-corrected chi connectivity index (χ1v) is 13.3. The van der Waals surface area contributed by atoms with Crippen LogP contribution >= 0.6 is 11.6 Å². The van der Waals surface area contributed by atoms with Crippen LogP contribution in [0.15, 0.2) is 29.3 Å². The third-order valence-electron chi connectivity index (χ3n) is 5.89. The van der Waals surface area contributed by atoms with Crippen molar-refractivity contribution in [3.8, 4) is 0 Å². The van der Waals surface area contributed by atoms with Crippen LogP contribution in [0.2, 0.25) is 5.15 Å². The number of ether oxygens (including phenoxy) is 1. The standard InChI is InChI=1S/C22H29ClF3N5O6S/c1-5-30-11-17(18(23)29-30)38(35,36)31-10-14(9-21(4,34)12-32)27-15-7-6-13(8-16(15)31)28-19(33)37-20(2,3)22(24,25)26/h6-8,11,14,27,32,34H,5,9-10,12H2,1-4H3,(H,28,33)/t14-,21+/m0/s1. The number of carbonyl (C=O) groups excluding carboxylic acids is 1. The highest BCUT2D eigenvalue weighted by Gasteiger charge is 2.51. The second-order valence-corrected chi connectivity index (χ2v) is 11.8. The second kappa shape index (κ2) is 10.4. The van der Waals surface area contributed by atoms with Crippen LogP contribution in [0.4, 0.5) is 35.0 Å². The molecule has 0 fully saturated rings. The summed E-state index contributed by atoms with van der Waals surface area (Å²) in [6.45, 7) is 4.09. The zero-order valence-electron chi connectivity index (χ0n) is 21.0. The summed E-state index contributed by atoms with van der Waals surface area (Å²) in [5.41, 5.74) is -3.99. The number of aliphatic hydroxyl groups is 2. The summed E-state index contributed by atoms with van der Waals surface area (Å²) in [4.78, 5) is 11.9. The van der Waals surface area contributed by atoms with Crippen molar-refractivity contribution < 1.29 is 41.3 Å². The van der Waals surface area contributed by atoms with Crippen molar-refractivity contribution in [2.45, 2.75) is 69.0 Å². The van der Waals surface area contributed by atoms with Crippen LogP contribution in [0.25, 0.3) is 0 Å². The number of rotatable bonds is 8. The number of halogens is 4. The van der Waals surface area contributed by atoms with Crippen LogP contribution in [0.3, 0.4) is 0 Å². The molecule has 0 spiro atoms. The number of nitrogens with zero attached hydrogens (tertiary/aromatic N) is 3. The maximum Gasteiger partial charge on any atom is 0.427 e. The first-order valence-electron chi connectivity index (χ1n) is 11.5. The van der Waals surface area contributed by atoms with Gasteiger partial charge in [0, 0.05) is 24.5 Å². The SMILES string of the molecule is CCn1cc(S(=O)(=O)N2C[C@H](C[C@@](C)(O)CO)Nc3ccc(NC(=O)OC(C)(C)C(F)(F)F)cc32)c(Cl)n1. The predicted molar refractivity (Wildman–Crippen MR) is 134 cm³/mol. The first kappa shape index (κ1) is 29.8. The molecule has 16 heteroatoms. The highest BCUT2D eigenvalue weighted by atomic mass is 35.5. The number of aliphatic hydroxyl groups excluding tert-OH is 1. The average molecular weight is 584 g/mol. The quantitative estimate of drug-likeness (QED) is 0.369. The van der Waals surface area contributed by atoms with Gasteiger partial charge in [-0.3, -0.25) is 14.3 Å². The zero-order valence-corrected chi connectivity index (χ0v) is 22.6. The van der Waals surface area contributed by atoms with Crippen molar-refractivity contribution in [3.63, 3.8) is 0 Å². The molecular formula is C22H29ClF3N5O6S. The smallest absolute Gasteiger partial charge is 0.427 e. The number of hydrogen-bond acceptors (Lipinski definition) is 8. The molecule has 0 unspecified atom stereocenters. The number of carbonyl (C=O) groups is 1. The number of hydrogen-bond donors (Lipinski definition) is 4. The number of aryl methyl sites for hydroxylation is 1. The molecule has 3 rings (SSSR count). The van der Waals surface area contributed by atoms with Crippen LogP contribution in [0, 0.1) is 0 Å². The molecule has 0 bridgehead atoms. The number of aromatic nitrogens is 2. The van der Waals surface area contributed by atoms with E-state index in [1.165, 1.54) is 36.0 Å². The van der Waals surface area contributed by atoms with Crippen LogP contribution < -0.4 is 14.9 Å². The van der Waals surface area contributed by atoms with Crippen molar-refractivity contribution in [2.75, 3.05) is 28.1 Å². The van der Waals surface area contributed by atoms with Crippen molar-refractivity contribution in [1.29, 1.82) is 0 Å². The van der Waals surface area contributed by atoms with Crippen LogP contribution in [0.5, 0.6) is 0 Å². The predicted octanol–water partition coefficient (Wildman–Crippen LogP) is 3.57. The number of alkyl halides is 3. The molecule has 2 aromatic rings. The van der Waals surface area contributed by atoms with E-state index in [1.54, 1.807) is 6.92 Å². The van der Waals surface area contributed by atoms with E-state index in [0.717, 1.165) is 4.31 Å². The summed E-state index contributed by atoms with van der Waals surface area (Å²) in [5, 5.41) is 28.8. The third-order valence-corrected chi connectivity index (χ3v) is 8.07. The number of fused-ring (bicyclic) bond motifs is 1. The van der Waals surface area contributed by atoms with Gasteiger partial charge in [0.15, 0.2) is 5.15 Å². The van der Waals surface area contributed by atoms with E-state index in [0.29, 0.717) is 20.4 Å². The lowest BCUT2D eigenvalue weighted by Crippen LogP contribution is -2.48. The molecule has 11 nitrogen and oxygen atoms in total. The molecule has 2 heterocycles. The fourth-order valence-corrected chi connectivity index (χ4v) is 5.68. The molecular weight excluding hydrogens is 555 g/mol. The van der Waals surface area contributed by atoms with Crippen molar-refractivity contribution >= 4 is 44.8 Å². The second-order valence-electron chi connectivity index (χ2n) is 9.63. The van der Waals surface area contributed by atoms with Crippen molar-refractivity contribution in [3.05, 3.63) is 29.5 Å². The molecule has 0 radical (unpaired) electrons. The Morgan fingerprint density at radius 2 is 1.97 bits per heavy atom. The van der Waals surface area contributed by atoms with E-state index >= 15 is 0 Å². The van der Waals surface area contributed by atoms with E-state index in [4.69, 9.17) is 11.6 Å². The first-order chi connectivity index (χ1) is 17.4. The summed E-state index contributed by atoms with van der Waals surface area (Å²) >= 11 is 6.13. The van der Waals surface area contributed by atoms with Gasteiger partial charge >= 0.3 is 12.3 Å². The van der Waals surface area contributed by atoms with E-state index in [9.17, 15) is 36.6 Å². The van der Waals surface area contributed by atoms with Crippen LogP contribution in [-0.4, -0.2) is 71.1 Å². The van der Waals surface area contributed by atoms with Crippen molar-refractivity contribution in [1.82, 2.24) is 9.78 Å². The molecule has 1 amide bonds. The lowest BCUT2D eigenvalue weighted by Gasteiger charge is -2.38. The number of sulfonamides is 1. The Balaban J connectivity index is 2.00. The van der Waals surface area contributed by atoms with Gasteiger partial charge < -0.3 is 20.3 Å². The molecule has 4 N–H and O–H groups in total. The third kappa shape index (κ3) is 6.27. The molecule has 0 saturated carbocycles. The van der Waals surface area contributed by atoms with E-state index in [-0.39, 0.29) is 40.1 Å². The van der Waals surface area contributed by atoms with E-state index in [1.807, 2.05) is 0 Å². The van der Waals surface area contributed by atoms with Gasteiger partial charge in [-0.25, -0.2) is 13.2 Å². The van der Waals surface area contributed by atoms with Gasteiger partial charge in [-0.2, -0.15) is 18.3 Å². The summed E-state index contributed by atoms with van der Waals surface area (Å²) in [7, 11) is -4.34. The summed E-state index contributed by atoms with van der Waals surface area (Å²) in [5.74, 6) is 0. The number of amides is 1. The van der Waals surface area contributed by atoms with Gasteiger partial charge in [-0.05, 0) is 52.3 Å². The Kier molecular flexibility index (Phi) is 8.18. The number of anilines is 3. The molecule has 38 heavy (non-hydrogen) atoms. The maximum absolute atomic E-state index is 13.7. The van der Waals surface area contributed by atoms with Crippen LogP contribution in [-0.2, 0) is 21.3 Å².